The zero-order valence-electron chi connectivity index (χ0n) is 16.8. The van der Waals surface area contributed by atoms with E-state index in [4.69, 9.17) is 4.74 Å². The topological polar surface area (TPSA) is 80.8 Å². The molecule has 2 amide bonds. The van der Waals surface area contributed by atoms with E-state index >= 15 is 0 Å². The average molecular weight is 446 g/mol. The monoisotopic (exact) mass is 446 g/mol. The molecule has 4 heterocycles. The van der Waals surface area contributed by atoms with Gasteiger partial charge in [-0.15, -0.1) is 0 Å². The number of nitrogens with zero attached hydrogens (tertiary/aromatic N) is 4. The fourth-order valence-electron chi connectivity index (χ4n) is 4.55. The van der Waals surface area contributed by atoms with Crippen molar-refractivity contribution in [3.63, 3.8) is 0 Å². The number of carbonyl (C=O) groups excluding carboxylic acids is 2. The number of benzene rings is 1. The van der Waals surface area contributed by atoms with Gasteiger partial charge in [-0.3, -0.25) is 9.59 Å². The lowest BCUT2D eigenvalue weighted by Gasteiger charge is -2.47. The fraction of sp³-hybridized carbons (Fsp3) is 0.286. The van der Waals surface area contributed by atoms with E-state index in [9.17, 15) is 22.8 Å². The molecule has 1 fully saturated rings. The standard InChI is InChI=1S/C21H17F3N4O4/c1-31-14-6-4-13(5-7-14)20-12-26-8-2-3-16(26)19(30)28(20)10-9-27(20)18(29)15-11-32-25-17(15)21(22,23)24/h2-8,11H,9-10,12H2,1H3. The number of alkyl halides is 3. The van der Waals surface area contributed by atoms with Crippen LogP contribution in [0.1, 0.15) is 32.1 Å². The first kappa shape index (κ1) is 20.2. The Bertz CT molecular complexity index is 1200. The van der Waals surface area contributed by atoms with Gasteiger partial charge >= 0.3 is 6.18 Å². The van der Waals surface area contributed by atoms with Gasteiger partial charge in [0.15, 0.2) is 11.4 Å². The number of halogens is 3. The molecular weight excluding hydrogens is 429 g/mol. The van der Waals surface area contributed by atoms with Crippen LogP contribution >= 0.6 is 0 Å². The molecule has 0 radical (unpaired) electrons. The first-order valence-electron chi connectivity index (χ1n) is 9.72. The molecule has 0 saturated carbocycles. The molecule has 1 unspecified atom stereocenters. The summed E-state index contributed by atoms with van der Waals surface area (Å²) in [5.74, 6) is -0.663. The van der Waals surface area contributed by atoms with Gasteiger partial charge < -0.3 is 23.6 Å². The van der Waals surface area contributed by atoms with Crippen molar-refractivity contribution < 1.29 is 32.0 Å². The average Bonchev–Trinajstić information content (AvgIpc) is 3.51. The Labute approximate surface area is 179 Å². The second-order valence-corrected chi connectivity index (χ2v) is 7.55. The van der Waals surface area contributed by atoms with E-state index < -0.39 is 29.0 Å². The highest BCUT2D eigenvalue weighted by atomic mass is 19.4. The number of carbonyl (C=O) groups is 2. The highest BCUT2D eigenvalue weighted by Gasteiger charge is 2.57. The van der Waals surface area contributed by atoms with Crippen molar-refractivity contribution in [3.05, 3.63) is 71.4 Å². The minimum Gasteiger partial charge on any atom is -0.497 e. The maximum atomic E-state index is 13.4. The molecule has 5 rings (SSSR count). The summed E-state index contributed by atoms with van der Waals surface area (Å²) in [4.78, 5) is 29.5. The van der Waals surface area contributed by atoms with E-state index in [1.165, 1.54) is 16.9 Å². The van der Waals surface area contributed by atoms with Crippen molar-refractivity contribution in [1.29, 1.82) is 0 Å². The highest BCUT2D eigenvalue weighted by Crippen LogP contribution is 2.44. The Morgan fingerprint density at radius 3 is 2.62 bits per heavy atom. The maximum absolute atomic E-state index is 13.4. The molecule has 166 valence electrons. The molecule has 8 nitrogen and oxygen atoms in total. The predicted octanol–water partition coefficient (Wildman–Crippen LogP) is 2.97. The summed E-state index contributed by atoms with van der Waals surface area (Å²) in [6, 6.07) is 10.2. The van der Waals surface area contributed by atoms with Crippen LogP contribution in [0, 0.1) is 0 Å². The summed E-state index contributed by atoms with van der Waals surface area (Å²) in [6.07, 6.45) is -2.46. The number of methoxy groups -OCH3 is 1. The Balaban J connectivity index is 1.67. The number of fused-ring (bicyclic) bond motifs is 2. The van der Waals surface area contributed by atoms with Crippen LogP contribution in [-0.2, 0) is 18.4 Å². The Morgan fingerprint density at radius 2 is 1.94 bits per heavy atom. The van der Waals surface area contributed by atoms with Gasteiger partial charge in [-0.1, -0.05) is 17.3 Å². The maximum Gasteiger partial charge on any atom is 0.437 e. The van der Waals surface area contributed by atoms with Crippen LogP contribution in [0.5, 0.6) is 5.75 Å². The van der Waals surface area contributed by atoms with E-state index in [1.54, 1.807) is 47.2 Å². The first-order valence-corrected chi connectivity index (χ1v) is 9.72. The molecule has 0 spiro atoms. The third-order valence-corrected chi connectivity index (χ3v) is 5.99. The first-order chi connectivity index (χ1) is 15.3. The largest absolute Gasteiger partial charge is 0.497 e. The van der Waals surface area contributed by atoms with E-state index in [0.29, 0.717) is 23.3 Å². The Hall–Kier alpha value is -3.76. The van der Waals surface area contributed by atoms with E-state index in [0.717, 1.165) is 0 Å². The van der Waals surface area contributed by atoms with Crippen LogP contribution in [-0.4, -0.2) is 51.5 Å². The minimum absolute atomic E-state index is 0.0455. The molecule has 32 heavy (non-hydrogen) atoms. The molecule has 1 atom stereocenters. The van der Waals surface area contributed by atoms with Crippen molar-refractivity contribution >= 4 is 11.8 Å². The van der Waals surface area contributed by atoms with Crippen molar-refractivity contribution in [1.82, 2.24) is 19.5 Å². The number of hydrogen-bond donors (Lipinski definition) is 0. The van der Waals surface area contributed by atoms with Gasteiger partial charge in [0.2, 0.25) is 0 Å². The second kappa shape index (κ2) is 6.87. The molecular formula is C21H17F3N4O4. The van der Waals surface area contributed by atoms with Crippen molar-refractivity contribution in [2.75, 3.05) is 20.2 Å². The molecule has 2 aliphatic rings. The van der Waals surface area contributed by atoms with Gasteiger partial charge in [0.25, 0.3) is 11.8 Å². The summed E-state index contributed by atoms with van der Waals surface area (Å²) >= 11 is 0. The third-order valence-electron chi connectivity index (χ3n) is 5.99. The molecule has 3 aromatic rings. The second-order valence-electron chi connectivity index (χ2n) is 7.55. The van der Waals surface area contributed by atoms with Gasteiger partial charge in [0.1, 0.15) is 23.3 Å². The van der Waals surface area contributed by atoms with Gasteiger partial charge in [0, 0.05) is 24.8 Å². The molecule has 0 N–H and O–H groups in total. The summed E-state index contributed by atoms with van der Waals surface area (Å²) in [5, 5.41) is 2.99. The SMILES string of the molecule is COc1ccc(C23Cn4cccc4C(=O)N2CCN3C(=O)c2conc2C(F)(F)F)cc1. The fourth-order valence-corrected chi connectivity index (χ4v) is 4.55. The number of amides is 2. The van der Waals surface area contributed by atoms with Crippen molar-refractivity contribution in [2.24, 2.45) is 0 Å². The quantitative estimate of drug-likeness (QED) is 0.618. The minimum atomic E-state index is -4.86. The van der Waals surface area contributed by atoms with E-state index in [1.807, 2.05) is 0 Å². The lowest BCUT2D eigenvalue weighted by molar-refractivity contribution is -0.143. The smallest absolute Gasteiger partial charge is 0.437 e. The van der Waals surface area contributed by atoms with Crippen LogP contribution in [0.15, 0.2) is 53.4 Å². The lowest BCUT2D eigenvalue weighted by Crippen LogP contribution is -2.60. The van der Waals surface area contributed by atoms with Gasteiger partial charge in [-0.05, 0) is 24.3 Å². The van der Waals surface area contributed by atoms with E-state index in [2.05, 4.69) is 9.68 Å². The van der Waals surface area contributed by atoms with Crippen LogP contribution in [0.2, 0.25) is 0 Å². The normalized spacial score (nSPS) is 20.3. The van der Waals surface area contributed by atoms with Crippen molar-refractivity contribution in [2.45, 2.75) is 18.4 Å². The highest BCUT2D eigenvalue weighted by molar-refractivity contribution is 5.99. The number of aromatic nitrogens is 2. The lowest BCUT2D eigenvalue weighted by atomic mass is 9.93. The Kier molecular flexibility index (Phi) is 4.33. The van der Waals surface area contributed by atoms with Gasteiger partial charge in [-0.2, -0.15) is 13.2 Å². The summed E-state index contributed by atoms with van der Waals surface area (Å²) in [6.45, 7) is 0.365. The molecule has 1 saturated heterocycles. The predicted molar refractivity (Wildman–Crippen MR) is 103 cm³/mol. The summed E-state index contributed by atoms with van der Waals surface area (Å²) < 4.78 is 51.6. The number of rotatable bonds is 3. The van der Waals surface area contributed by atoms with Gasteiger partial charge in [0.05, 0.1) is 13.7 Å². The Morgan fingerprint density at radius 1 is 1.19 bits per heavy atom. The van der Waals surface area contributed by atoms with Crippen LogP contribution in [0.25, 0.3) is 0 Å². The molecule has 2 aliphatic heterocycles. The summed E-state index contributed by atoms with van der Waals surface area (Å²) in [7, 11) is 1.51. The molecule has 11 heteroatoms. The zero-order valence-corrected chi connectivity index (χ0v) is 16.8. The van der Waals surface area contributed by atoms with Crippen LogP contribution < -0.4 is 4.74 Å². The van der Waals surface area contributed by atoms with Crippen molar-refractivity contribution in [3.8, 4) is 5.75 Å². The van der Waals surface area contributed by atoms with Crippen LogP contribution in [0.3, 0.4) is 0 Å². The van der Waals surface area contributed by atoms with E-state index in [-0.39, 0.29) is 25.5 Å². The zero-order chi connectivity index (χ0) is 22.7. The number of hydrogen-bond acceptors (Lipinski definition) is 5. The molecule has 0 bridgehead atoms. The third kappa shape index (κ3) is 2.73. The molecule has 0 aliphatic carbocycles. The number of ether oxygens (including phenoxy) is 1. The summed E-state index contributed by atoms with van der Waals surface area (Å²) in [5.41, 5.74) is -2.40. The molecule has 1 aromatic carbocycles. The van der Waals surface area contributed by atoms with Gasteiger partial charge in [-0.25, -0.2) is 0 Å². The van der Waals surface area contributed by atoms with Crippen LogP contribution in [0.4, 0.5) is 13.2 Å². The molecule has 2 aromatic heterocycles.